The van der Waals surface area contributed by atoms with E-state index >= 15 is 0 Å². The van der Waals surface area contributed by atoms with Crippen molar-refractivity contribution >= 4 is 11.3 Å². The maximum absolute atomic E-state index is 6.16. The van der Waals surface area contributed by atoms with Gasteiger partial charge in [-0.1, -0.05) is 58.3 Å². The van der Waals surface area contributed by atoms with Crippen LogP contribution in [0.5, 0.6) is 0 Å². The van der Waals surface area contributed by atoms with E-state index < -0.39 is 0 Å². The van der Waals surface area contributed by atoms with Gasteiger partial charge < -0.3 is 5.73 Å². The summed E-state index contributed by atoms with van der Waals surface area (Å²) in [6.07, 6.45) is 14.0. The van der Waals surface area contributed by atoms with Crippen molar-refractivity contribution in [3.8, 4) is 0 Å². The van der Waals surface area contributed by atoms with Gasteiger partial charge in [0.15, 0.2) is 0 Å². The van der Waals surface area contributed by atoms with E-state index in [1.807, 2.05) is 13.1 Å². The molecular weight excluding hydrogens is 240 g/mol. The van der Waals surface area contributed by atoms with Crippen molar-refractivity contribution in [2.45, 2.75) is 77.7 Å². The Balaban J connectivity index is 1.97. The number of rotatable bonds is 10. The van der Waals surface area contributed by atoms with Crippen molar-refractivity contribution in [1.29, 1.82) is 0 Å². The third-order valence-electron chi connectivity index (χ3n) is 3.37. The third kappa shape index (κ3) is 6.50. The molecule has 0 aromatic carbocycles. The largest absolute Gasteiger partial charge is 0.323 e. The fourth-order valence-corrected chi connectivity index (χ4v) is 3.01. The second-order valence-electron chi connectivity index (χ2n) is 5.15. The van der Waals surface area contributed by atoms with Crippen LogP contribution < -0.4 is 5.73 Å². The zero-order valence-electron chi connectivity index (χ0n) is 12.0. The molecule has 2 nitrogen and oxygen atoms in total. The molecule has 0 bridgehead atoms. The molecular formula is C15H28N2S. The molecule has 0 aliphatic heterocycles. The minimum atomic E-state index is 0.205. The molecule has 0 aliphatic carbocycles. The molecule has 1 aromatic heterocycles. The Bertz CT molecular complexity index is 309. The highest BCUT2D eigenvalue weighted by Crippen LogP contribution is 2.23. The molecule has 0 saturated carbocycles. The van der Waals surface area contributed by atoms with Crippen LogP contribution in [0.25, 0.3) is 0 Å². The molecule has 1 unspecified atom stereocenters. The van der Waals surface area contributed by atoms with E-state index in [9.17, 15) is 0 Å². The summed E-state index contributed by atoms with van der Waals surface area (Å²) >= 11 is 1.74. The first-order chi connectivity index (χ1) is 8.74. The Morgan fingerprint density at radius 1 is 1.11 bits per heavy atom. The molecule has 0 amide bonds. The van der Waals surface area contributed by atoms with Crippen molar-refractivity contribution < 1.29 is 0 Å². The Hall–Kier alpha value is -0.410. The second kappa shape index (κ2) is 9.51. The van der Waals surface area contributed by atoms with E-state index in [0.717, 1.165) is 11.4 Å². The molecule has 0 saturated heterocycles. The topological polar surface area (TPSA) is 38.9 Å². The molecule has 1 atom stereocenters. The van der Waals surface area contributed by atoms with Gasteiger partial charge >= 0.3 is 0 Å². The van der Waals surface area contributed by atoms with Gasteiger partial charge in [0.05, 0.1) is 5.01 Å². The quantitative estimate of drug-likeness (QED) is 0.608. The molecule has 1 rings (SSSR count). The van der Waals surface area contributed by atoms with Crippen LogP contribution >= 0.6 is 11.3 Å². The first kappa shape index (κ1) is 15.6. The zero-order chi connectivity index (χ0) is 13.2. The number of hydrogen-bond acceptors (Lipinski definition) is 3. The van der Waals surface area contributed by atoms with Crippen LogP contribution in [0.15, 0.2) is 6.20 Å². The summed E-state index contributed by atoms with van der Waals surface area (Å²) in [5, 5.41) is 1.12. The van der Waals surface area contributed by atoms with Crippen LogP contribution in [0.2, 0.25) is 0 Å². The summed E-state index contributed by atoms with van der Waals surface area (Å²) in [6, 6.07) is 0.205. The lowest BCUT2D eigenvalue weighted by Gasteiger charge is -2.08. The van der Waals surface area contributed by atoms with Crippen LogP contribution in [0.3, 0.4) is 0 Å². The first-order valence-corrected chi connectivity index (χ1v) is 8.23. The lowest BCUT2D eigenvalue weighted by Crippen LogP contribution is -2.08. The number of nitrogens with zero attached hydrogens (tertiary/aromatic N) is 1. The highest BCUT2D eigenvalue weighted by molar-refractivity contribution is 7.11. The third-order valence-corrected chi connectivity index (χ3v) is 4.42. The number of hydrogen-bond donors (Lipinski definition) is 1. The maximum atomic E-state index is 6.16. The predicted molar refractivity (Wildman–Crippen MR) is 81.0 cm³/mol. The molecule has 0 fully saturated rings. The summed E-state index contributed by atoms with van der Waals surface area (Å²) in [5.41, 5.74) is 6.16. The summed E-state index contributed by atoms with van der Waals surface area (Å²) in [4.78, 5) is 5.51. The minimum Gasteiger partial charge on any atom is -0.323 e. The van der Waals surface area contributed by atoms with Gasteiger partial charge in [-0.05, 0) is 13.3 Å². The van der Waals surface area contributed by atoms with Crippen molar-refractivity contribution in [1.82, 2.24) is 4.98 Å². The van der Waals surface area contributed by atoms with Crippen LogP contribution in [0.1, 0.15) is 80.6 Å². The number of unbranched alkanes of at least 4 members (excludes halogenated alkanes) is 7. The molecule has 3 heteroatoms. The number of thiazole rings is 1. The predicted octanol–water partition coefficient (Wildman–Crippen LogP) is 4.98. The summed E-state index contributed by atoms with van der Waals surface area (Å²) in [6.45, 7) is 4.31. The van der Waals surface area contributed by atoms with Gasteiger partial charge in [0.25, 0.3) is 0 Å². The van der Waals surface area contributed by atoms with Crippen molar-refractivity contribution in [2.75, 3.05) is 0 Å². The molecule has 104 valence electrons. The van der Waals surface area contributed by atoms with Crippen molar-refractivity contribution in [3.05, 3.63) is 16.1 Å². The molecule has 1 aromatic rings. The van der Waals surface area contributed by atoms with E-state index in [2.05, 4.69) is 11.9 Å². The second-order valence-corrected chi connectivity index (χ2v) is 6.42. The van der Waals surface area contributed by atoms with Gasteiger partial charge in [0.1, 0.15) is 0 Å². The summed E-state index contributed by atoms with van der Waals surface area (Å²) < 4.78 is 0. The molecule has 0 aliphatic rings. The fourth-order valence-electron chi connectivity index (χ4n) is 2.19. The Morgan fingerprint density at radius 2 is 1.72 bits per heavy atom. The lowest BCUT2D eigenvalue weighted by atomic mass is 10.0. The maximum Gasteiger partial charge on any atom is 0.0897 e. The highest BCUT2D eigenvalue weighted by atomic mass is 32.1. The number of nitrogens with two attached hydrogens (primary N) is 1. The molecule has 0 spiro atoms. The number of aryl methyl sites for hydroxylation is 1. The normalized spacial score (nSPS) is 12.8. The van der Waals surface area contributed by atoms with Crippen LogP contribution in [0, 0.1) is 6.92 Å². The van der Waals surface area contributed by atoms with Crippen LogP contribution in [0.4, 0.5) is 0 Å². The van der Waals surface area contributed by atoms with E-state index in [0.29, 0.717) is 0 Å². The summed E-state index contributed by atoms with van der Waals surface area (Å²) in [5.74, 6) is 0. The smallest absolute Gasteiger partial charge is 0.0897 e. The fraction of sp³-hybridized carbons (Fsp3) is 0.800. The van der Waals surface area contributed by atoms with Gasteiger partial charge in [-0.3, -0.25) is 0 Å². The monoisotopic (exact) mass is 268 g/mol. The van der Waals surface area contributed by atoms with Crippen LogP contribution in [-0.2, 0) is 0 Å². The highest BCUT2D eigenvalue weighted by Gasteiger charge is 2.08. The molecule has 2 N–H and O–H groups in total. The SMILES string of the molecule is CCCCCCCCCCC(N)c1cnc(C)s1. The van der Waals surface area contributed by atoms with Gasteiger partial charge in [-0.15, -0.1) is 11.3 Å². The van der Waals surface area contributed by atoms with Gasteiger partial charge in [-0.25, -0.2) is 4.98 Å². The van der Waals surface area contributed by atoms with E-state index in [1.165, 1.54) is 56.2 Å². The van der Waals surface area contributed by atoms with E-state index in [-0.39, 0.29) is 6.04 Å². The molecule has 0 radical (unpaired) electrons. The van der Waals surface area contributed by atoms with Crippen molar-refractivity contribution in [3.63, 3.8) is 0 Å². The van der Waals surface area contributed by atoms with Gasteiger partial charge in [-0.2, -0.15) is 0 Å². The first-order valence-electron chi connectivity index (χ1n) is 7.42. The Kier molecular flexibility index (Phi) is 8.27. The summed E-state index contributed by atoms with van der Waals surface area (Å²) in [7, 11) is 0. The molecule has 18 heavy (non-hydrogen) atoms. The average Bonchev–Trinajstić information content (AvgIpc) is 2.79. The van der Waals surface area contributed by atoms with E-state index in [4.69, 9.17) is 5.73 Å². The number of aromatic nitrogens is 1. The average molecular weight is 268 g/mol. The van der Waals surface area contributed by atoms with Crippen LogP contribution in [-0.4, -0.2) is 4.98 Å². The van der Waals surface area contributed by atoms with Gasteiger partial charge in [0.2, 0.25) is 0 Å². The minimum absolute atomic E-state index is 0.205. The van der Waals surface area contributed by atoms with E-state index in [1.54, 1.807) is 11.3 Å². The lowest BCUT2D eigenvalue weighted by molar-refractivity contribution is 0.539. The Morgan fingerprint density at radius 3 is 2.28 bits per heavy atom. The zero-order valence-corrected chi connectivity index (χ0v) is 12.8. The molecule has 1 heterocycles. The Labute approximate surface area is 116 Å². The van der Waals surface area contributed by atoms with Crippen molar-refractivity contribution in [2.24, 2.45) is 5.73 Å². The van der Waals surface area contributed by atoms with Gasteiger partial charge in [0, 0.05) is 17.1 Å². The standard InChI is InChI=1S/C15H28N2S/c1-3-4-5-6-7-8-9-10-11-14(16)15-12-17-13(2)18-15/h12,14H,3-11,16H2,1-2H3.